The molecule has 0 radical (unpaired) electrons. The van der Waals surface area contributed by atoms with Gasteiger partial charge in [0.05, 0.1) is 0 Å². The molecule has 1 heterocycles. The molecular weight excluding hydrogens is 481 g/mol. The Morgan fingerprint density at radius 2 is 1.66 bits per heavy atom. The zero-order valence-corrected chi connectivity index (χ0v) is 21.1. The van der Waals surface area contributed by atoms with Crippen molar-refractivity contribution in [1.29, 1.82) is 0 Å². The lowest BCUT2D eigenvalue weighted by atomic mass is 9.96. The van der Waals surface area contributed by atoms with E-state index >= 15 is 0 Å². The molecule has 184 valence electrons. The number of benzene rings is 3. The Kier molecular flexibility index (Phi) is 9.29. The van der Waals surface area contributed by atoms with E-state index in [1.54, 1.807) is 12.1 Å². The first-order valence-electron chi connectivity index (χ1n) is 12.0. The van der Waals surface area contributed by atoms with Gasteiger partial charge in [0.2, 0.25) is 0 Å². The number of hydrogen-bond acceptors (Lipinski definition) is 3. The van der Waals surface area contributed by atoms with Crippen molar-refractivity contribution in [3.05, 3.63) is 94.5 Å². The second-order valence-electron chi connectivity index (χ2n) is 8.89. The van der Waals surface area contributed by atoms with Crippen LogP contribution < -0.4 is 15.4 Å². The second kappa shape index (κ2) is 12.8. The summed E-state index contributed by atoms with van der Waals surface area (Å²) >= 11 is 12.1. The quantitative estimate of drug-likeness (QED) is 0.324. The van der Waals surface area contributed by atoms with Crippen LogP contribution in [0.1, 0.15) is 30.9 Å². The fourth-order valence-electron chi connectivity index (χ4n) is 4.36. The van der Waals surface area contributed by atoms with E-state index in [-0.39, 0.29) is 12.1 Å². The van der Waals surface area contributed by atoms with Crippen LogP contribution in [0.2, 0.25) is 10.0 Å². The number of nitrogens with one attached hydrogen (secondary N) is 2. The molecule has 0 bridgehead atoms. The van der Waals surface area contributed by atoms with Crippen molar-refractivity contribution in [2.75, 3.05) is 31.5 Å². The van der Waals surface area contributed by atoms with Crippen molar-refractivity contribution in [2.45, 2.75) is 25.4 Å². The molecule has 7 heteroatoms. The van der Waals surface area contributed by atoms with Gasteiger partial charge in [-0.15, -0.1) is 0 Å². The van der Waals surface area contributed by atoms with E-state index in [0.29, 0.717) is 28.2 Å². The Balaban J connectivity index is 1.22. The zero-order valence-electron chi connectivity index (χ0n) is 19.6. The molecular formula is C28H31Cl2N3O2. The highest BCUT2D eigenvalue weighted by atomic mass is 35.5. The number of hydrogen-bond donors (Lipinski definition) is 2. The number of anilines is 1. The van der Waals surface area contributed by atoms with Gasteiger partial charge in [-0.3, -0.25) is 0 Å². The third kappa shape index (κ3) is 8.17. The van der Waals surface area contributed by atoms with Crippen LogP contribution in [0, 0.1) is 5.92 Å². The zero-order chi connectivity index (χ0) is 24.5. The van der Waals surface area contributed by atoms with Gasteiger partial charge in [0.25, 0.3) is 0 Å². The van der Waals surface area contributed by atoms with E-state index in [0.717, 1.165) is 50.2 Å². The number of urea groups is 1. The minimum atomic E-state index is -0.196. The molecule has 4 rings (SSSR count). The van der Waals surface area contributed by atoms with Crippen LogP contribution in [-0.2, 0) is 0 Å². The van der Waals surface area contributed by atoms with Crippen LogP contribution in [0.15, 0.2) is 78.9 Å². The Labute approximate surface area is 217 Å². The van der Waals surface area contributed by atoms with Crippen LogP contribution in [0.5, 0.6) is 5.75 Å². The lowest BCUT2D eigenvalue weighted by Crippen LogP contribution is -2.40. The first-order chi connectivity index (χ1) is 17.0. The Bertz CT molecular complexity index is 1090. The Hall–Kier alpha value is -2.73. The van der Waals surface area contributed by atoms with Gasteiger partial charge in [-0.1, -0.05) is 65.7 Å². The molecule has 1 unspecified atom stereocenters. The molecule has 3 aromatic carbocycles. The second-order valence-corrected chi connectivity index (χ2v) is 9.77. The van der Waals surface area contributed by atoms with Gasteiger partial charge in [-0.2, -0.15) is 0 Å². The molecule has 1 aliphatic rings. The van der Waals surface area contributed by atoms with Crippen molar-refractivity contribution in [2.24, 2.45) is 5.92 Å². The van der Waals surface area contributed by atoms with Gasteiger partial charge in [0.1, 0.15) is 11.9 Å². The van der Waals surface area contributed by atoms with Crippen molar-refractivity contribution >= 4 is 34.9 Å². The molecule has 1 aliphatic heterocycles. The van der Waals surface area contributed by atoms with Gasteiger partial charge in [-0.25, -0.2) is 4.79 Å². The van der Waals surface area contributed by atoms with E-state index < -0.39 is 0 Å². The number of likely N-dealkylation sites (tertiary alicyclic amines) is 1. The lowest BCUT2D eigenvalue weighted by molar-refractivity contribution is 0.137. The summed E-state index contributed by atoms with van der Waals surface area (Å²) in [5.74, 6) is 1.26. The third-order valence-electron chi connectivity index (χ3n) is 6.29. The summed E-state index contributed by atoms with van der Waals surface area (Å²) in [6.07, 6.45) is 2.97. The summed E-state index contributed by atoms with van der Waals surface area (Å²) < 4.78 is 6.34. The third-order valence-corrected chi connectivity index (χ3v) is 6.76. The fraction of sp³-hybridized carbons (Fsp3) is 0.321. The summed E-state index contributed by atoms with van der Waals surface area (Å²) in [7, 11) is 0. The minimum absolute atomic E-state index is 0.0377. The minimum Gasteiger partial charge on any atom is -0.486 e. The van der Waals surface area contributed by atoms with Crippen LogP contribution in [0.3, 0.4) is 0 Å². The van der Waals surface area contributed by atoms with E-state index in [2.05, 4.69) is 27.7 Å². The highest BCUT2D eigenvalue weighted by Gasteiger charge is 2.22. The van der Waals surface area contributed by atoms with Gasteiger partial charge in [-0.05, 0) is 73.8 Å². The highest BCUT2D eigenvalue weighted by Crippen LogP contribution is 2.28. The maximum atomic E-state index is 12.2. The number of nitrogens with zero attached hydrogens (tertiary/aromatic N) is 1. The molecule has 2 N–H and O–H groups in total. The number of halogens is 2. The monoisotopic (exact) mass is 511 g/mol. The molecule has 3 aromatic rings. The fourth-order valence-corrected chi connectivity index (χ4v) is 4.73. The van der Waals surface area contributed by atoms with Crippen molar-refractivity contribution in [3.63, 3.8) is 0 Å². The molecule has 0 saturated carbocycles. The summed E-state index contributed by atoms with van der Waals surface area (Å²) in [5, 5.41) is 7.10. The summed E-state index contributed by atoms with van der Waals surface area (Å²) in [6, 6.07) is 24.9. The molecule has 35 heavy (non-hydrogen) atoms. The number of rotatable bonds is 9. The molecule has 1 saturated heterocycles. The standard InChI is InChI=1S/C28H31Cl2N3O2/c29-23-8-4-10-25(18-23)32-28(34)31-20-21-12-15-33(16-13-21)17-14-27(22-6-2-1-3-7-22)35-26-11-5-9-24(30)19-26/h1-11,18-19,21,27H,12-17,20H2,(H2,31,32,34). The topological polar surface area (TPSA) is 53.6 Å². The van der Waals surface area contributed by atoms with Crippen LogP contribution in [0.4, 0.5) is 10.5 Å². The van der Waals surface area contributed by atoms with E-state index in [1.807, 2.05) is 54.6 Å². The predicted molar refractivity (Wildman–Crippen MR) is 144 cm³/mol. The molecule has 2 amide bonds. The molecule has 0 spiro atoms. The van der Waals surface area contributed by atoms with Gasteiger partial charge < -0.3 is 20.3 Å². The largest absolute Gasteiger partial charge is 0.486 e. The van der Waals surface area contributed by atoms with Gasteiger partial charge >= 0.3 is 6.03 Å². The van der Waals surface area contributed by atoms with E-state index in [4.69, 9.17) is 27.9 Å². The first-order valence-corrected chi connectivity index (χ1v) is 12.8. The number of ether oxygens (including phenoxy) is 1. The van der Waals surface area contributed by atoms with Crippen LogP contribution >= 0.6 is 23.2 Å². The maximum Gasteiger partial charge on any atom is 0.319 e. The number of carbonyl (C=O) groups excluding carboxylic acids is 1. The predicted octanol–water partition coefficient (Wildman–Crippen LogP) is 7.04. The van der Waals surface area contributed by atoms with Crippen LogP contribution in [-0.4, -0.2) is 37.1 Å². The average Bonchev–Trinajstić information content (AvgIpc) is 2.86. The molecule has 1 fully saturated rings. The van der Waals surface area contributed by atoms with Crippen LogP contribution in [0.25, 0.3) is 0 Å². The molecule has 5 nitrogen and oxygen atoms in total. The van der Waals surface area contributed by atoms with E-state index in [9.17, 15) is 4.79 Å². The van der Waals surface area contributed by atoms with Crippen molar-refractivity contribution in [3.8, 4) is 5.75 Å². The maximum absolute atomic E-state index is 12.2. The molecule has 0 aliphatic carbocycles. The van der Waals surface area contributed by atoms with Crippen molar-refractivity contribution in [1.82, 2.24) is 10.2 Å². The SMILES string of the molecule is O=C(NCC1CCN(CCC(Oc2cccc(Cl)c2)c2ccccc2)CC1)Nc1cccc(Cl)c1. The average molecular weight is 512 g/mol. The summed E-state index contributed by atoms with van der Waals surface area (Å²) in [5.41, 5.74) is 1.86. The summed E-state index contributed by atoms with van der Waals surface area (Å²) in [4.78, 5) is 14.7. The van der Waals surface area contributed by atoms with Gasteiger partial charge in [0, 0.05) is 35.2 Å². The first kappa shape index (κ1) is 25.4. The highest BCUT2D eigenvalue weighted by molar-refractivity contribution is 6.31. The van der Waals surface area contributed by atoms with Gasteiger partial charge in [0.15, 0.2) is 0 Å². The molecule has 1 atom stereocenters. The summed E-state index contributed by atoms with van der Waals surface area (Å²) in [6.45, 7) is 3.65. The normalized spacial score (nSPS) is 15.4. The Morgan fingerprint density at radius 3 is 2.37 bits per heavy atom. The number of carbonyl (C=O) groups is 1. The van der Waals surface area contributed by atoms with Crippen molar-refractivity contribution < 1.29 is 9.53 Å². The number of piperidine rings is 1. The Morgan fingerprint density at radius 1 is 0.943 bits per heavy atom. The van der Waals surface area contributed by atoms with E-state index in [1.165, 1.54) is 0 Å². The lowest BCUT2D eigenvalue weighted by Gasteiger charge is -2.33. The number of amides is 2. The smallest absolute Gasteiger partial charge is 0.319 e. The molecule has 0 aromatic heterocycles.